The van der Waals surface area contributed by atoms with Crippen molar-refractivity contribution in [2.24, 2.45) is 5.41 Å². The molecule has 4 rings (SSSR count). The van der Waals surface area contributed by atoms with Crippen molar-refractivity contribution < 1.29 is 18.6 Å². The third-order valence-corrected chi connectivity index (χ3v) is 5.23. The fraction of sp³-hybridized carbons (Fsp3) is 0.579. The van der Waals surface area contributed by atoms with Gasteiger partial charge in [-0.1, -0.05) is 0 Å². The Kier molecular flexibility index (Phi) is 4.37. The van der Waals surface area contributed by atoms with E-state index >= 15 is 0 Å². The first-order valence-electron chi connectivity index (χ1n) is 9.01. The van der Waals surface area contributed by atoms with E-state index in [1.165, 1.54) is 0 Å². The largest absolute Gasteiger partial charge is 0.494 e. The van der Waals surface area contributed by atoms with E-state index in [4.69, 9.17) is 18.6 Å². The smallest absolute Gasteiger partial charge is 0.256 e. The Morgan fingerprint density at radius 2 is 1.88 bits per heavy atom. The molecule has 1 aliphatic heterocycles. The standard InChI is InChI=1S/C19H24N2O4/c1-3-23-14-4-6-15(7-5-14)24-13(2)17-20-21-18(25-17)16-12-19(16)8-10-22-11-9-19/h4-7,13,16H,3,8-12H2,1-2H3. The van der Waals surface area contributed by atoms with E-state index in [2.05, 4.69) is 10.2 Å². The van der Waals surface area contributed by atoms with Crippen LogP contribution < -0.4 is 9.47 Å². The predicted octanol–water partition coefficient (Wildman–Crippen LogP) is 3.89. The maximum Gasteiger partial charge on any atom is 0.256 e. The number of benzene rings is 1. The van der Waals surface area contributed by atoms with Gasteiger partial charge in [-0.2, -0.15) is 0 Å². The van der Waals surface area contributed by atoms with Crippen LogP contribution in [0.1, 0.15) is 56.9 Å². The molecular weight excluding hydrogens is 320 g/mol. The summed E-state index contributed by atoms with van der Waals surface area (Å²) in [7, 11) is 0. The van der Waals surface area contributed by atoms with Crippen molar-refractivity contribution in [1.29, 1.82) is 0 Å². The number of hydrogen-bond donors (Lipinski definition) is 0. The van der Waals surface area contributed by atoms with Crippen molar-refractivity contribution in [2.75, 3.05) is 19.8 Å². The van der Waals surface area contributed by atoms with E-state index in [1.54, 1.807) is 0 Å². The molecule has 2 unspecified atom stereocenters. The Morgan fingerprint density at radius 3 is 2.60 bits per heavy atom. The predicted molar refractivity (Wildman–Crippen MR) is 90.8 cm³/mol. The molecule has 1 spiro atoms. The van der Waals surface area contributed by atoms with Gasteiger partial charge in [0.05, 0.1) is 6.61 Å². The van der Waals surface area contributed by atoms with Crippen LogP contribution in [0.25, 0.3) is 0 Å². The highest BCUT2D eigenvalue weighted by Gasteiger charge is 2.57. The number of hydrogen-bond acceptors (Lipinski definition) is 6. The zero-order chi connectivity index (χ0) is 17.3. The first kappa shape index (κ1) is 16.4. The van der Waals surface area contributed by atoms with E-state index in [-0.39, 0.29) is 6.10 Å². The van der Waals surface area contributed by atoms with Crippen LogP contribution in [0, 0.1) is 5.41 Å². The zero-order valence-corrected chi connectivity index (χ0v) is 14.7. The van der Waals surface area contributed by atoms with Gasteiger partial charge in [-0.25, -0.2) is 0 Å². The van der Waals surface area contributed by atoms with Crippen LogP contribution in [0.15, 0.2) is 28.7 Å². The molecule has 1 aliphatic carbocycles. The summed E-state index contributed by atoms with van der Waals surface area (Å²) < 4.78 is 22.7. The zero-order valence-electron chi connectivity index (χ0n) is 14.7. The molecule has 1 saturated carbocycles. The van der Waals surface area contributed by atoms with Gasteiger partial charge >= 0.3 is 0 Å². The molecule has 0 bridgehead atoms. The summed E-state index contributed by atoms with van der Waals surface area (Å²) >= 11 is 0. The second-order valence-electron chi connectivity index (χ2n) is 6.87. The Balaban J connectivity index is 1.38. The quantitative estimate of drug-likeness (QED) is 0.792. The Labute approximate surface area is 147 Å². The van der Waals surface area contributed by atoms with E-state index in [0.29, 0.717) is 23.8 Å². The lowest BCUT2D eigenvalue weighted by molar-refractivity contribution is 0.0545. The minimum atomic E-state index is -0.288. The van der Waals surface area contributed by atoms with Crippen molar-refractivity contribution >= 4 is 0 Å². The van der Waals surface area contributed by atoms with E-state index in [1.807, 2.05) is 38.1 Å². The Morgan fingerprint density at radius 1 is 1.16 bits per heavy atom. The summed E-state index contributed by atoms with van der Waals surface area (Å²) in [6.07, 6.45) is 3.02. The molecule has 0 radical (unpaired) electrons. The number of rotatable bonds is 6. The van der Waals surface area contributed by atoms with Gasteiger partial charge in [0.15, 0.2) is 6.10 Å². The summed E-state index contributed by atoms with van der Waals surface area (Å²) in [6, 6.07) is 7.56. The SMILES string of the molecule is CCOc1ccc(OC(C)c2nnc(C3CC34CCOCC4)o2)cc1. The van der Waals surface area contributed by atoms with Crippen molar-refractivity contribution in [1.82, 2.24) is 10.2 Å². The highest BCUT2D eigenvalue weighted by Crippen LogP contribution is 2.64. The Hall–Kier alpha value is -2.08. The van der Waals surface area contributed by atoms with Crippen LogP contribution in [-0.4, -0.2) is 30.0 Å². The average Bonchev–Trinajstić information content (AvgIpc) is 3.09. The third-order valence-electron chi connectivity index (χ3n) is 5.23. The topological polar surface area (TPSA) is 66.6 Å². The monoisotopic (exact) mass is 344 g/mol. The minimum Gasteiger partial charge on any atom is -0.494 e. The van der Waals surface area contributed by atoms with Gasteiger partial charge in [-0.3, -0.25) is 0 Å². The molecule has 0 amide bonds. The molecule has 2 fully saturated rings. The van der Waals surface area contributed by atoms with Crippen molar-refractivity contribution in [3.8, 4) is 11.5 Å². The van der Waals surface area contributed by atoms with E-state index < -0.39 is 0 Å². The van der Waals surface area contributed by atoms with Crippen LogP contribution in [0.3, 0.4) is 0 Å². The van der Waals surface area contributed by atoms with Gasteiger partial charge in [0.25, 0.3) is 5.89 Å². The summed E-state index contributed by atoms with van der Waals surface area (Å²) in [6.45, 7) is 6.22. The summed E-state index contributed by atoms with van der Waals surface area (Å²) in [5.41, 5.74) is 0.335. The fourth-order valence-corrected chi connectivity index (χ4v) is 3.61. The molecule has 0 N–H and O–H groups in total. The molecule has 1 aromatic carbocycles. The number of ether oxygens (including phenoxy) is 3. The van der Waals surface area contributed by atoms with Gasteiger partial charge in [0.2, 0.25) is 5.89 Å². The highest BCUT2D eigenvalue weighted by molar-refractivity contribution is 5.31. The van der Waals surface area contributed by atoms with Gasteiger partial charge < -0.3 is 18.6 Å². The molecule has 1 saturated heterocycles. The Bertz CT molecular complexity index is 706. The van der Waals surface area contributed by atoms with E-state index in [9.17, 15) is 0 Å². The number of nitrogens with zero attached hydrogens (tertiary/aromatic N) is 2. The first-order chi connectivity index (χ1) is 12.2. The van der Waals surface area contributed by atoms with Crippen molar-refractivity contribution in [2.45, 2.75) is 45.1 Å². The van der Waals surface area contributed by atoms with Crippen molar-refractivity contribution in [3.05, 3.63) is 36.0 Å². The van der Waals surface area contributed by atoms with Gasteiger partial charge in [-0.05, 0) is 62.8 Å². The lowest BCUT2D eigenvalue weighted by Gasteiger charge is -2.21. The minimum absolute atomic E-state index is 0.288. The molecule has 6 heteroatoms. The van der Waals surface area contributed by atoms with Gasteiger partial charge in [0, 0.05) is 19.1 Å². The van der Waals surface area contributed by atoms with Gasteiger partial charge in [-0.15, -0.1) is 10.2 Å². The molecule has 6 nitrogen and oxygen atoms in total. The summed E-state index contributed by atoms with van der Waals surface area (Å²) in [5, 5.41) is 8.47. The first-order valence-corrected chi connectivity index (χ1v) is 9.01. The number of aromatic nitrogens is 2. The maximum atomic E-state index is 5.92. The molecule has 2 heterocycles. The molecule has 25 heavy (non-hydrogen) atoms. The maximum absolute atomic E-state index is 5.92. The molecule has 2 aromatic rings. The van der Waals surface area contributed by atoms with Crippen LogP contribution in [0.2, 0.25) is 0 Å². The van der Waals surface area contributed by atoms with Crippen LogP contribution >= 0.6 is 0 Å². The summed E-state index contributed by atoms with van der Waals surface area (Å²) in [5.74, 6) is 3.24. The molecule has 2 atom stereocenters. The van der Waals surface area contributed by atoms with Crippen molar-refractivity contribution in [3.63, 3.8) is 0 Å². The van der Waals surface area contributed by atoms with Crippen LogP contribution in [0.5, 0.6) is 11.5 Å². The highest BCUT2D eigenvalue weighted by atomic mass is 16.5. The fourth-order valence-electron chi connectivity index (χ4n) is 3.61. The second-order valence-corrected chi connectivity index (χ2v) is 6.87. The van der Waals surface area contributed by atoms with Gasteiger partial charge in [0.1, 0.15) is 11.5 Å². The van der Waals surface area contributed by atoms with Crippen LogP contribution in [0.4, 0.5) is 0 Å². The van der Waals surface area contributed by atoms with E-state index in [0.717, 1.165) is 49.9 Å². The molecule has 1 aromatic heterocycles. The molecular formula is C19H24N2O4. The lowest BCUT2D eigenvalue weighted by atomic mass is 9.94. The van der Waals surface area contributed by atoms with Crippen LogP contribution in [-0.2, 0) is 4.74 Å². The normalized spacial score (nSPS) is 22.6. The molecule has 134 valence electrons. The average molecular weight is 344 g/mol. The molecule has 2 aliphatic rings. The summed E-state index contributed by atoms with van der Waals surface area (Å²) in [4.78, 5) is 0. The second kappa shape index (κ2) is 6.67. The third kappa shape index (κ3) is 3.35. The lowest BCUT2D eigenvalue weighted by Crippen LogP contribution is -2.18.